The minimum atomic E-state index is -3.03. The number of cyclic esters (lactones) is 1. The second kappa shape index (κ2) is 8.13. The molecule has 184 valence electrons. The van der Waals surface area contributed by atoms with Gasteiger partial charge in [-0.15, -0.1) is 0 Å². The Bertz CT molecular complexity index is 1440. The lowest BCUT2D eigenvalue weighted by Crippen LogP contribution is -2.45. The molecule has 2 atom stereocenters. The fourth-order valence-electron chi connectivity index (χ4n) is 4.28. The molecule has 1 fully saturated rings. The topological polar surface area (TPSA) is 146 Å². The fraction of sp³-hybridized carbons (Fsp3) is 0.417. The Kier molecular flexibility index (Phi) is 5.44. The highest BCUT2D eigenvalue weighted by Gasteiger charge is 2.36. The van der Waals surface area contributed by atoms with Gasteiger partial charge in [-0.05, 0) is 49.9 Å². The molecule has 10 nitrogen and oxygen atoms in total. The van der Waals surface area contributed by atoms with Gasteiger partial charge in [0.15, 0.2) is 9.84 Å². The van der Waals surface area contributed by atoms with Crippen LogP contribution in [0.1, 0.15) is 55.2 Å². The highest BCUT2D eigenvalue weighted by atomic mass is 32.2. The van der Waals surface area contributed by atoms with Crippen LogP contribution in [-0.2, 0) is 20.1 Å². The van der Waals surface area contributed by atoms with E-state index < -0.39 is 21.5 Å². The number of carbonyl (C=O) groups is 1. The maximum absolute atomic E-state index is 12.2. The number of fused-ring (bicyclic) bond motifs is 2. The zero-order valence-corrected chi connectivity index (χ0v) is 20.7. The van der Waals surface area contributed by atoms with Gasteiger partial charge in [0.1, 0.15) is 23.8 Å². The summed E-state index contributed by atoms with van der Waals surface area (Å²) in [6, 6.07) is 5.25. The van der Waals surface area contributed by atoms with Crippen molar-refractivity contribution in [1.29, 1.82) is 0 Å². The van der Waals surface area contributed by atoms with Crippen LogP contribution in [0.4, 0.5) is 11.6 Å². The summed E-state index contributed by atoms with van der Waals surface area (Å²) in [5.74, 6) is 0.924. The highest BCUT2D eigenvalue weighted by Crippen LogP contribution is 2.35. The molecular weight excluding hydrogens is 470 g/mol. The van der Waals surface area contributed by atoms with Crippen LogP contribution in [0.5, 0.6) is 5.88 Å². The Morgan fingerprint density at radius 2 is 1.86 bits per heavy atom. The summed E-state index contributed by atoms with van der Waals surface area (Å²) in [6.45, 7) is 7.57. The van der Waals surface area contributed by atoms with Gasteiger partial charge in [-0.2, -0.15) is 0 Å². The van der Waals surface area contributed by atoms with E-state index in [1.54, 1.807) is 24.5 Å². The van der Waals surface area contributed by atoms with Gasteiger partial charge in [0, 0.05) is 23.9 Å². The zero-order valence-electron chi connectivity index (χ0n) is 19.9. The van der Waals surface area contributed by atoms with E-state index in [0.717, 1.165) is 10.9 Å². The van der Waals surface area contributed by atoms with Crippen LogP contribution in [0, 0.1) is 0 Å². The summed E-state index contributed by atoms with van der Waals surface area (Å²) in [4.78, 5) is 25.8. The normalized spacial score (nSPS) is 21.7. The smallest absolute Gasteiger partial charge is 0.340 e. The van der Waals surface area contributed by atoms with Crippen molar-refractivity contribution in [3.05, 3.63) is 47.4 Å². The average molecular weight is 498 g/mol. The van der Waals surface area contributed by atoms with Crippen LogP contribution in [0.25, 0.3) is 10.8 Å². The van der Waals surface area contributed by atoms with Crippen LogP contribution in [0.3, 0.4) is 0 Å². The highest BCUT2D eigenvalue weighted by molar-refractivity contribution is 7.92. The molecule has 35 heavy (non-hydrogen) atoms. The van der Waals surface area contributed by atoms with Crippen molar-refractivity contribution in [2.75, 3.05) is 16.8 Å². The monoisotopic (exact) mass is 497 g/mol. The molecule has 0 saturated carbocycles. The van der Waals surface area contributed by atoms with Crippen molar-refractivity contribution in [1.82, 2.24) is 15.0 Å². The molecule has 3 aromatic rings. The molecule has 0 unspecified atom stereocenters. The number of nitrogens with two attached hydrogens (primary N) is 1. The van der Waals surface area contributed by atoms with E-state index in [1.165, 1.54) is 0 Å². The number of nitrogens with zero attached hydrogens (tertiary/aromatic N) is 3. The number of aromatic nitrogens is 3. The summed E-state index contributed by atoms with van der Waals surface area (Å²) in [5, 5.41) is 4.63. The van der Waals surface area contributed by atoms with Gasteiger partial charge in [-0.3, -0.25) is 0 Å². The number of ether oxygens (including phenoxy) is 2. The summed E-state index contributed by atoms with van der Waals surface area (Å²) < 4.78 is 34.3. The van der Waals surface area contributed by atoms with Crippen LogP contribution >= 0.6 is 0 Å². The molecule has 1 saturated heterocycles. The van der Waals surface area contributed by atoms with Crippen LogP contribution < -0.4 is 15.8 Å². The summed E-state index contributed by atoms with van der Waals surface area (Å²) in [5.41, 5.74) is 7.64. The average Bonchev–Trinajstić information content (AvgIpc) is 2.75. The van der Waals surface area contributed by atoms with Crippen LogP contribution in [0.15, 0.2) is 30.6 Å². The SMILES string of the molecule is C[C@@H]1OC(=O)c2ccc(Nc3cc4c(C(C)(C)N)cnc(OC5CS(=O)(=O)C5)c4cn3)nc2[C@H]1C. The first-order valence-corrected chi connectivity index (χ1v) is 13.2. The van der Waals surface area contributed by atoms with Gasteiger partial charge in [0.05, 0.1) is 28.1 Å². The minimum Gasteiger partial charge on any atom is -0.472 e. The number of hydrogen-bond acceptors (Lipinski definition) is 10. The number of anilines is 2. The zero-order chi connectivity index (χ0) is 25.1. The summed E-state index contributed by atoms with van der Waals surface area (Å²) >= 11 is 0. The van der Waals surface area contributed by atoms with E-state index in [9.17, 15) is 13.2 Å². The number of esters is 1. The molecule has 5 heterocycles. The van der Waals surface area contributed by atoms with Crippen molar-refractivity contribution >= 4 is 38.2 Å². The largest absolute Gasteiger partial charge is 0.472 e. The summed E-state index contributed by atoms with van der Waals surface area (Å²) in [7, 11) is -3.03. The van der Waals surface area contributed by atoms with Gasteiger partial charge in [0.25, 0.3) is 0 Å². The first-order valence-electron chi connectivity index (χ1n) is 11.4. The Morgan fingerprint density at radius 3 is 2.54 bits per heavy atom. The molecule has 3 aromatic heterocycles. The predicted molar refractivity (Wildman–Crippen MR) is 131 cm³/mol. The Labute approximate surface area is 203 Å². The quantitative estimate of drug-likeness (QED) is 0.504. The molecule has 0 aliphatic carbocycles. The third-order valence-electron chi connectivity index (χ3n) is 6.42. The van der Waals surface area contributed by atoms with Crippen molar-refractivity contribution in [3.63, 3.8) is 0 Å². The molecule has 0 bridgehead atoms. The fourth-order valence-corrected chi connectivity index (χ4v) is 5.45. The number of pyridine rings is 3. The maximum atomic E-state index is 12.2. The van der Waals surface area contributed by atoms with Gasteiger partial charge >= 0.3 is 5.97 Å². The maximum Gasteiger partial charge on any atom is 0.340 e. The summed E-state index contributed by atoms with van der Waals surface area (Å²) in [6.07, 6.45) is 2.59. The second-order valence-electron chi connectivity index (χ2n) is 9.78. The number of hydrogen-bond donors (Lipinski definition) is 2. The third kappa shape index (κ3) is 4.41. The molecule has 0 aromatic carbocycles. The van der Waals surface area contributed by atoms with Crippen molar-refractivity contribution in [2.45, 2.75) is 51.4 Å². The molecule has 3 N–H and O–H groups in total. The van der Waals surface area contributed by atoms with E-state index in [0.29, 0.717) is 34.2 Å². The second-order valence-corrected chi connectivity index (χ2v) is 11.9. The molecule has 0 spiro atoms. The molecule has 0 amide bonds. The van der Waals surface area contributed by atoms with Gasteiger partial charge in [-0.1, -0.05) is 6.92 Å². The van der Waals surface area contributed by atoms with Gasteiger partial charge in [-0.25, -0.2) is 28.2 Å². The molecule has 2 aliphatic rings. The first kappa shape index (κ1) is 23.4. The van der Waals surface area contributed by atoms with E-state index in [2.05, 4.69) is 20.3 Å². The molecule has 2 aliphatic heterocycles. The molecular formula is C24H27N5O5S. The van der Waals surface area contributed by atoms with E-state index in [1.807, 2.05) is 33.8 Å². The molecule has 0 radical (unpaired) electrons. The minimum absolute atomic E-state index is 0.0258. The lowest BCUT2D eigenvalue weighted by molar-refractivity contribution is 0.0235. The Hall–Kier alpha value is -3.31. The van der Waals surface area contributed by atoms with Crippen molar-refractivity contribution < 1.29 is 22.7 Å². The van der Waals surface area contributed by atoms with Gasteiger partial charge in [0.2, 0.25) is 5.88 Å². The predicted octanol–water partition coefficient (Wildman–Crippen LogP) is 2.80. The third-order valence-corrected chi connectivity index (χ3v) is 8.18. The van der Waals surface area contributed by atoms with E-state index in [4.69, 9.17) is 15.2 Å². The lowest BCUT2D eigenvalue weighted by Gasteiger charge is -2.28. The standard InChI is InChI=1S/C24H27N5O5S/c1-12-13(2)33-23(30)15-5-6-19(29-21(12)15)28-20-7-16-17(8-26-20)22(27-9-18(16)24(3,4)25)34-14-10-35(31,32)11-14/h5-9,12-14H,10-11,25H2,1-4H3,(H,26,28,29)/t12-,13-/m0/s1. The molecule has 5 rings (SSSR count). The number of nitrogens with one attached hydrogen (secondary N) is 1. The first-order chi connectivity index (χ1) is 16.4. The number of sulfone groups is 1. The van der Waals surface area contributed by atoms with Crippen LogP contribution in [0.2, 0.25) is 0 Å². The number of rotatable bonds is 5. The Morgan fingerprint density at radius 1 is 1.11 bits per heavy atom. The van der Waals surface area contributed by atoms with E-state index in [-0.39, 0.29) is 29.5 Å². The lowest BCUT2D eigenvalue weighted by atomic mass is 9.93. The van der Waals surface area contributed by atoms with Gasteiger partial charge < -0.3 is 20.5 Å². The Balaban J connectivity index is 1.50. The van der Waals surface area contributed by atoms with Crippen molar-refractivity contribution in [3.8, 4) is 5.88 Å². The molecule has 11 heteroatoms. The number of carbonyl (C=O) groups excluding carboxylic acids is 1. The van der Waals surface area contributed by atoms with E-state index >= 15 is 0 Å². The van der Waals surface area contributed by atoms with Crippen LogP contribution in [-0.4, -0.2) is 53.1 Å². The van der Waals surface area contributed by atoms with Crippen molar-refractivity contribution in [2.24, 2.45) is 5.73 Å².